The van der Waals surface area contributed by atoms with Gasteiger partial charge < -0.3 is 10.0 Å². The van der Waals surface area contributed by atoms with Crippen molar-refractivity contribution in [3.63, 3.8) is 0 Å². The van der Waals surface area contributed by atoms with Crippen LogP contribution in [0.3, 0.4) is 0 Å². The predicted molar refractivity (Wildman–Crippen MR) is 66.7 cm³/mol. The van der Waals surface area contributed by atoms with Crippen LogP contribution in [0.15, 0.2) is 0 Å². The number of piperidine rings is 1. The maximum absolute atomic E-state index is 12.1. The summed E-state index contributed by atoms with van der Waals surface area (Å²) in [5.74, 6) is 0.251. The molecule has 2 heterocycles. The molecule has 0 aliphatic carbocycles. The summed E-state index contributed by atoms with van der Waals surface area (Å²) in [5.41, 5.74) is 0. The van der Waals surface area contributed by atoms with E-state index in [9.17, 15) is 9.90 Å². The minimum Gasteiger partial charge on any atom is -0.392 e. The Labute approximate surface area is 104 Å². The van der Waals surface area contributed by atoms with Crippen LogP contribution >= 0.6 is 0 Å². The van der Waals surface area contributed by atoms with Gasteiger partial charge in [0.1, 0.15) is 0 Å². The van der Waals surface area contributed by atoms with Crippen molar-refractivity contribution in [1.82, 2.24) is 9.80 Å². The Hall–Kier alpha value is -0.610. The minimum absolute atomic E-state index is 0.235. The molecule has 2 aliphatic heterocycles. The van der Waals surface area contributed by atoms with Crippen molar-refractivity contribution >= 4 is 5.91 Å². The lowest BCUT2D eigenvalue weighted by molar-refractivity contribution is -0.133. The van der Waals surface area contributed by atoms with Crippen molar-refractivity contribution in [2.45, 2.75) is 44.6 Å². The smallest absolute Gasteiger partial charge is 0.236 e. The number of likely N-dealkylation sites (tertiary alicyclic amines) is 2. The second kappa shape index (κ2) is 6.36. The van der Waals surface area contributed by atoms with Crippen molar-refractivity contribution in [3.8, 4) is 0 Å². The molecule has 2 saturated heterocycles. The van der Waals surface area contributed by atoms with Crippen molar-refractivity contribution < 1.29 is 9.90 Å². The molecule has 0 bridgehead atoms. The zero-order valence-electron chi connectivity index (χ0n) is 10.6. The first kappa shape index (κ1) is 12.8. The van der Waals surface area contributed by atoms with Crippen molar-refractivity contribution in [1.29, 1.82) is 0 Å². The molecule has 4 nitrogen and oxygen atoms in total. The first-order valence-corrected chi connectivity index (χ1v) is 6.94. The highest BCUT2D eigenvalue weighted by atomic mass is 16.3. The zero-order chi connectivity index (χ0) is 12.1. The Kier molecular flexibility index (Phi) is 4.80. The number of rotatable bonds is 2. The molecule has 4 heteroatoms. The van der Waals surface area contributed by atoms with Crippen LogP contribution in [0.2, 0.25) is 0 Å². The van der Waals surface area contributed by atoms with Crippen molar-refractivity contribution in [2.24, 2.45) is 0 Å². The van der Waals surface area contributed by atoms with Crippen LogP contribution in [0.5, 0.6) is 0 Å². The van der Waals surface area contributed by atoms with Gasteiger partial charge in [-0.25, -0.2) is 0 Å². The summed E-state index contributed by atoms with van der Waals surface area (Å²) in [6.45, 7) is 3.97. The number of carbonyl (C=O) groups is 1. The largest absolute Gasteiger partial charge is 0.392 e. The van der Waals surface area contributed by atoms with E-state index >= 15 is 0 Å². The van der Waals surface area contributed by atoms with Crippen molar-refractivity contribution in [2.75, 3.05) is 32.7 Å². The quantitative estimate of drug-likeness (QED) is 0.778. The fourth-order valence-corrected chi connectivity index (χ4v) is 2.79. The summed E-state index contributed by atoms with van der Waals surface area (Å²) in [7, 11) is 0. The topological polar surface area (TPSA) is 43.8 Å². The minimum atomic E-state index is -0.235. The van der Waals surface area contributed by atoms with Gasteiger partial charge in [0.15, 0.2) is 0 Å². The molecule has 2 aliphatic rings. The molecule has 98 valence electrons. The highest BCUT2D eigenvalue weighted by Crippen LogP contribution is 2.12. The number of hydrogen-bond donors (Lipinski definition) is 1. The fourth-order valence-electron chi connectivity index (χ4n) is 2.79. The highest BCUT2D eigenvalue weighted by molar-refractivity contribution is 5.78. The molecule has 0 aromatic heterocycles. The Morgan fingerprint density at radius 2 is 1.76 bits per heavy atom. The molecule has 0 saturated carbocycles. The lowest BCUT2D eigenvalue weighted by atomic mass is 10.1. The second-order valence-corrected chi connectivity index (χ2v) is 5.33. The van der Waals surface area contributed by atoms with Gasteiger partial charge in [0.25, 0.3) is 0 Å². The molecule has 2 fully saturated rings. The SMILES string of the molecule is O=C(CN1CCCC(O)C1)N1CCCCCC1. The summed E-state index contributed by atoms with van der Waals surface area (Å²) in [6, 6.07) is 0. The Morgan fingerprint density at radius 3 is 2.41 bits per heavy atom. The molecule has 0 radical (unpaired) electrons. The molecule has 0 aromatic carbocycles. The molecule has 1 atom stereocenters. The normalized spacial score (nSPS) is 27.8. The third-order valence-corrected chi connectivity index (χ3v) is 3.80. The van der Waals surface area contributed by atoms with Crippen LogP contribution < -0.4 is 0 Å². The van der Waals surface area contributed by atoms with Gasteiger partial charge in [0.2, 0.25) is 5.91 Å². The van der Waals surface area contributed by atoms with Crippen molar-refractivity contribution in [3.05, 3.63) is 0 Å². The van der Waals surface area contributed by atoms with E-state index in [1.165, 1.54) is 12.8 Å². The van der Waals surface area contributed by atoms with Gasteiger partial charge in [-0.1, -0.05) is 12.8 Å². The van der Waals surface area contributed by atoms with Crippen LogP contribution in [-0.4, -0.2) is 59.6 Å². The summed E-state index contributed by atoms with van der Waals surface area (Å²) in [4.78, 5) is 16.2. The van der Waals surface area contributed by atoms with E-state index < -0.39 is 0 Å². The van der Waals surface area contributed by atoms with Gasteiger partial charge in [-0.2, -0.15) is 0 Å². The van der Waals surface area contributed by atoms with Crippen LogP contribution in [0.1, 0.15) is 38.5 Å². The molecular formula is C13H24N2O2. The molecule has 1 unspecified atom stereocenters. The first-order valence-electron chi connectivity index (χ1n) is 6.94. The van der Waals surface area contributed by atoms with Gasteiger partial charge in [-0.05, 0) is 32.2 Å². The van der Waals surface area contributed by atoms with Crippen LogP contribution in [0, 0.1) is 0 Å². The van der Waals surface area contributed by atoms with E-state index in [4.69, 9.17) is 0 Å². The summed E-state index contributed by atoms with van der Waals surface area (Å²) in [5, 5.41) is 9.58. The second-order valence-electron chi connectivity index (χ2n) is 5.33. The monoisotopic (exact) mass is 240 g/mol. The summed E-state index contributed by atoms with van der Waals surface area (Å²) < 4.78 is 0. The summed E-state index contributed by atoms with van der Waals surface area (Å²) >= 11 is 0. The first-order chi connectivity index (χ1) is 8.25. The molecule has 1 amide bonds. The number of amides is 1. The lowest BCUT2D eigenvalue weighted by Gasteiger charge is -2.31. The Morgan fingerprint density at radius 1 is 1.06 bits per heavy atom. The Balaban J connectivity index is 1.78. The third kappa shape index (κ3) is 3.96. The number of β-amino-alcohol motifs (C(OH)–C–C–N with tert-alkyl or cyclic N) is 1. The number of aliphatic hydroxyl groups excluding tert-OH is 1. The average molecular weight is 240 g/mol. The molecule has 0 spiro atoms. The molecule has 0 aromatic rings. The van der Waals surface area contributed by atoms with E-state index in [0.717, 1.165) is 45.3 Å². The number of nitrogens with zero attached hydrogens (tertiary/aromatic N) is 2. The number of hydrogen-bond acceptors (Lipinski definition) is 3. The highest BCUT2D eigenvalue weighted by Gasteiger charge is 2.22. The zero-order valence-corrected chi connectivity index (χ0v) is 10.6. The van der Waals surface area contributed by atoms with E-state index in [1.54, 1.807) is 0 Å². The summed E-state index contributed by atoms with van der Waals surface area (Å²) in [6.07, 6.45) is 6.46. The van der Waals surface area contributed by atoms with E-state index in [0.29, 0.717) is 13.1 Å². The fraction of sp³-hybridized carbons (Fsp3) is 0.923. The average Bonchev–Trinajstić information content (AvgIpc) is 2.57. The number of aliphatic hydroxyl groups is 1. The van der Waals surface area contributed by atoms with Crippen LogP contribution in [-0.2, 0) is 4.79 Å². The van der Waals surface area contributed by atoms with Gasteiger partial charge in [0, 0.05) is 19.6 Å². The van der Waals surface area contributed by atoms with Gasteiger partial charge in [-0.15, -0.1) is 0 Å². The Bertz CT molecular complexity index is 250. The third-order valence-electron chi connectivity index (χ3n) is 3.80. The molecule has 1 N–H and O–H groups in total. The van der Waals surface area contributed by atoms with Gasteiger partial charge in [0.05, 0.1) is 12.6 Å². The standard InChI is InChI=1S/C13H24N2O2/c16-12-6-5-7-14(10-12)11-13(17)15-8-3-1-2-4-9-15/h12,16H,1-11H2. The predicted octanol–water partition coefficient (Wildman–Crippen LogP) is 0.846. The molecular weight excluding hydrogens is 216 g/mol. The van der Waals surface area contributed by atoms with Crippen LogP contribution in [0.4, 0.5) is 0 Å². The van der Waals surface area contributed by atoms with Gasteiger partial charge in [-0.3, -0.25) is 9.69 Å². The van der Waals surface area contributed by atoms with E-state index in [1.807, 2.05) is 4.90 Å². The van der Waals surface area contributed by atoms with Gasteiger partial charge >= 0.3 is 0 Å². The maximum atomic E-state index is 12.1. The maximum Gasteiger partial charge on any atom is 0.236 e. The van der Waals surface area contributed by atoms with E-state index in [-0.39, 0.29) is 12.0 Å². The van der Waals surface area contributed by atoms with E-state index in [2.05, 4.69) is 4.90 Å². The molecule has 17 heavy (non-hydrogen) atoms. The lowest BCUT2D eigenvalue weighted by Crippen LogP contribution is -2.45. The van der Waals surface area contributed by atoms with Crippen LogP contribution in [0.25, 0.3) is 0 Å². The number of carbonyl (C=O) groups excluding carboxylic acids is 1. The molecule has 2 rings (SSSR count).